The monoisotopic (exact) mass is 374 g/mol. The van der Waals surface area contributed by atoms with Gasteiger partial charge in [0.2, 0.25) is 0 Å². The van der Waals surface area contributed by atoms with E-state index in [-0.39, 0.29) is 0 Å². The molecule has 1 aromatic carbocycles. The van der Waals surface area contributed by atoms with Crippen molar-refractivity contribution in [3.05, 3.63) is 35.9 Å². The van der Waals surface area contributed by atoms with Crippen LogP contribution >= 0.6 is 11.8 Å². The van der Waals surface area contributed by atoms with Crippen molar-refractivity contribution in [1.29, 1.82) is 0 Å². The van der Waals surface area contributed by atoms with Crippen LogP contribution in [0.1, 0.15) is 12.0 Å². The van der Waals surface area contributed by atoms with Crippen molar-refractivity contribution in [3.8, 4) is 5.75 Å². The molecule has 2 aliphatic rings. The molecule has 0 saturated carbocycles. The number of thioether (sulfide) groups is 1. The highest BCUT2D eigenvalue weighted by molar-refractivity contribution is 7.99. The summed E-state index contributed by atoms with van der Waals surface area (Å²) in [5.41, 5.74) is 2.65. The van der Waals surface area contributed by atoms with Crippen LogP contribution in [-0.4, -0.2) is 80.7 Å². The predicted octanol–water partition coefficient (Wildman–Crippen LogP) is 2.41. The maximum absolute atomic E-state index is 5.34. The third kappa shape index (κ3) is 5.17. The number of nitrogens with zero attached hydrogens (tertiary/aromatic N) is 3. The highest BCUT2D eigenvalue weighted by Crippen LogP contribution is 2.25. The second-order valence-electron chi connectivity index (χ2n) is 6.59. The molecule has 0 aliphatic carbocycles. The Bertz CT molecular complexity index is 640. The normalized spacial score (nSPS) is 19.2. The van der Waals surface area contributed by atoms with Gasteiger partial charge in [-0.25, -0.2) is 0 Å². The summed E-state index contributed by atoms with van der Waals surface area (Å²) in [5, 5.41) is 3.54. The van der Waals surface area contributed by atoms with Gasteiger partial charge in [0.05, 0.1) is 7.11 Å². The number of hydrogen-bond donors (Lipinski definition) is 1. The number of ether oxygens (including phenoxy) is 1. The van der Waals surface area contributed by atoms with E-state index in [0.717, 1.165) is 44.3 Å². The van der Waals surface area contributed by atoms with E-state index in [1.165, 1.54) is 35.7 Å². The number of hydrogen-bond acceptors (Lipinski definition) is 4. The molecular weight excluding hydrogens is 344 g/mol. The molecule has 0 bridgehead atoms. The largest absolute Gasteiger partial charge is 0.497 e. The van der Waals surface area contributed by atoms with Crippen molar-refractivity contribution in [1.82, 2.24) is 15.1 Å². The van der Waals surface area contributed by atoms with Crippen molar-refractivity contribution in [2.45, 2.75) is 6.42 Å². The molecule has 0 aromatic heterocycles. The van der Waals surface area contributed by atoms with E-state index in [1.54, 1.807) is 7.11 Å². The lowest BCUT2D eigenvalue weighted by molar-refractivity contribution is 0.304. The lowest BCUT2D eigenvalue weighted by Crippen LogP contribution is -2.46. The van der Waals surface area contributed by atoms with Gasteiger partial charge in [-0.15, -0.1) is 0 Å². The molecule has 5 nitrogen and oxygen atoms in total. The van der Waals surface area contributed by atoms with Gasteiger partial charge in [0.25, 0.3) is 0 Å². The first-order valence-corrected chi connectivity index (χ1v) is 10.5. The maximum atomic E-state index is 5.34. The number of aliphatic imine (C=N–C) groups is 1. The van der Waals surface area contributed by atoms with E-state index in [9.17, 15) is 0 Å². The minimum absolute atomic E-state index is 0.895. The molecule has 0 unspecified atom stereocenters. The molecule has 0 amide bonds. The smallest absolute Gasteiger partial charge is 0.193 e. The molecule has 3 rings (SSSR count). The fraction of sp³-hybridized carbons (Fsp3) is 0.550. The van der Waals surface area contributed by atoms with E-state index in [4.69, 9.17) is 4.74 Å². The molecule has 1 fully saturated rings. The van der Waals surface area contributed by atoms with Crippen LogP contribution in [0.2, 0.25) is 0 Å². The van der Waals surface area contributed by atoms with Crippen molar-refractivity contribution in [2.75, 3.05) is 64.9 Å². The molecular formula is C20H30N4OS. The van der Waals surface area contributed by atoms with E-state index in [2.05, 4.69) is 56.1 Å². The number of methoxy groups -OCH3 is 1. The number of rotatable bonds is 5. The Labute approximate surface area is 161 Å². The molecule has 0 spiro atoms. The third-order valence-electron chi connectivity index (χ3n) is 4.98. The third-order valence-corrected chi connectivity index (χ3v) is 5.92. The summed E-state index contributed by atoms with van der Waals surface area (Å²) in [6.07, 6.45) is 3.34. The van der Waals surface area contributed by atoms with Gasteiger partial charge in [0.1, 0.15) is 5.75 Å². The highest BCUT2D eigenvalue weighted by Gasteiger charge is 2.17. The molecule has 0 radical (unpaired) electrons. The summed E-state index contributed by atoms with van der Waals surface area (Å²) in [6, 6.07) is 8.33. The van der Waals surface area contributed by atoms with Gasteiger partial charge in [-0.05, 0) is 29.7 Å². The molecule has 0 atom stereocenters. The van der Waals surface area contributed by atoms with E-state index >= 15 is 0 Å². The van der Waals surface area contributed by atoms with Crippen molar-refractivity contribution in [3.63, 3.8) is 0 Å². The lowest BCUT2D eigenvalue weighted by atomic mass is 9.99. The lowest BCUT2D eigenvalue weighted by Gasteiger charge is -2.31. The summed E-state index contributed by atoms with van der Waals surface area (Å²) >= 11 is 2.06. The maximum Gasteiger partial charge on any atom is 0.193 e. The second-order valence-corrected chi connectivity index (χ2v) is 7.81. The Morgan fingerprint density at radius 2 is 2.12 bits per heavy atom. The topological polar surface area (TPSA) is 40.1 Å². The highest BCUT2D eigenvalue weighted by atomic mass is 32.2. The summed E-state index contributed by atoms with van der Waals surface area (Å²) in [5.74, 6) is 4.45. The van der Waals surface area contributed by atoms with Gasteiger partial charge in [-0.3, -0.25) is 9.89 Å². The first kappa shape index (κ1) is 19.1. The molecule has 1 saturated heterocycles. The fourth-order valence-corrected chi connectivity index (χ4v) is 4.41. The van der Waals surface area contributed by atoms with Crippen LogP contribution in [-0.2, 0) is 0 Å². The average molecular weight is 375 g/mol. The number of guanidine groups is 1. The van der Waals surface area contributed by atoms with Gasteiger partial charge in [-0.2, -0.15) is 11.8 Å². The van der Waals surface area contributed by atoms with Gasteiger partial charge in [-0.1, -0.05) is 18.2 Å². The van der Waals surface area contributed by atoms with Gasteiger partial charge in [0.15, 0.2) is 5.96 Å². The molecule has 142 valence electrons. The van der Waals surface area contributed by atoms with Crippen molar-refractivity contribution < 1.29 is 4.74 Å². The van der Waals surface area contributed by atoms with Gasteiger partial charge in [0, 0.05) is 57.8 Å². The van der Waals surface area contributed by atoms with Gasteiger partial charge >= 0.3 is 0 Å². The quantitative estimate of drug-likeness (QED) is 0.633. The standard InChI is InChI=1S/C20H30N4OS/c1-21-20(22-8-11-23-12-14-26-15-13-23)24-9-6-17(7-10-24)18-4-3-5-19(16-18)25-2/h3-6,16H,7-15H2,1-2H3,(H,21,22). The number of nitrogens with one attached hydrogen (secondary N) is 1. The van der Waals surface area contributed by atoms with Crippen LogP contribution in [0.5, 0.6) is 5.75 Å². The Balaban J connectivity index is 1.50. The summed E-state index contributed by atoms with van der Waals surface area (Å²) in [6.45, 7) is 6.36. The van der Waals surface area contributed by atoms with Crippen LogP contribution in [0.25, 0.3) is 5.57 Å². The summed E-state index contributed by atoms with van der Waals surface area (Å²) in [7, 11) is 3.59. The minimum Gasteiger partial charge on any atom is -0.497 e. The Morgan fingerprint density at radius 1 is 1.27 bits per heavy atom. The van der Waals surface area contributed by atoms with E-state index in [0.29, 0.717) is 0 Å². The van der Waals surface area contributed by atoms with E-state index < -0.39 is 0 Å². The summed E-state index contributed by atoms with van der Waals surface area (Å²) in [4.78, 5) is 9.34. The zero-order valence-electron chi connectivity index (χ0n) is 15.9. The fourth-order valence-electron chi connectivity index (χ4n) is 3.43. The van der Waals surface area contributed by atoms with Crippen LogP contribution in [0.4, 0.5) is 0 Å². The Hall–Kier alpha value is -1.66. The molecule has 26 heavy (non-hydrogen) atoms. The molecule has 2 heterocycles. The first-order valence-electron chi connectivity index (χ1n) is 9.39. The zero-order valence-corrected chi connectivity index (χ0v) is 16.7. The predicted molar refractivity (Wildman–Crippen MR) is 112 cm³/mol. The van der Waals surface area contributed by atoms with Crippen LogP contribution in [0.3, 0.4) is 0 Å². The summed E-state index contributed by atoms with van der Waals surface area (Å²) < 4.78 is 5.34. The molecule has 1 N–H and O–H groups in total. The average Bonchev–Trinajstić information content (AvgIpc) is 2.72. The van der Waals surface area contributed by atoms with Crippen LogP contribution < -0.4 is 10.1 Å². The first-order chi connectivity index (χ1) is 12.8. The van der Waals surface area contributed by atoms with E-state index in [1.807, 2.05) is 13.1 Å². The molecule has 6 heteroatoms. The SMILES string of the molecule is CN=C(NCCN1CCSCC1)N1CC=C(c2cccc(OC)c2)CC1. The van der Waals surface area contributed by atoms with Crippen LogP contribution in [0, 0.1) is 0 Å². The minimum atomic E-state index is 0.895. The zero-order chi connectivity index (χ0) is 18.2. The Morgan fingerprint density at radius 3 is 2.81 bits per heavy atom. The van der Waals surface area contributed by atoms with Crippen molar-refractivity contribution in [2.24, 2.45) is 4.99 Å². The van der Waals surface area contributed by atoms with Crippen LogP contribution in [0.15, 0.2) is 35.3 Å². The van der Waals surface area contributed by atoms with Gasteiger partial charge < -0.3 is 15.0 Å². The molecule has 2 aliphatic heterocycles. The second kappa shape index (κ2) is 9.88. The number of benzene rings is 1. The molecule has 1 aromatic rings. The van der Waals surface area contributed by atoms with Crippen molar-refractivity contribution >= 4 is 23.3 Å². The Kier molecular flexibility index (Phi) is 7.26.